The van der Waals surface area contributed by atoms with Crippen LogP contribution in [0, 0.1) is 0 Å². The molecule has 0 amide bonds. The summed E-state index contributed by atoms with van der Waals surface area (Å²) >= 11 is 0. The van der Waals surface area contributed by atoms with E-state index in [0.717, 1.165) is 11.1 Å². The Morgan fingerprint density at radius 1 is 0.923 bits per heavy atom. The van der Waals surface area contributed by atoms with Gasteiger partial charge in [-0.1, -0.05) is 60.7 Å². The van der Waals surface area contributed by atoms with Crippen molar-refractivity contribution in [2.45, 2.75) is 37.3 Å². The van der Waals surface area contributed by atoms with Gasteiger partial charge in [0, 0.05) is 0 Å². The van der Waals surface area contributed by atoms with E-state index in [9.17, 15) is 14.6 Å². The Kier molecular flexibility index (Phi) is 6.34. The van der Waals surface area contributed by atoms with Crippen LogP contribution < -0.4 is 0 Å². The molecular weight excluding hydrogens is 339 g/mol. The van der Waals surface area contributed by atoms with Crippen molar-refractivity contribution in [3.05, 3.63) is 71.8 Å². The summed E-state index contributed by atoms with van der Waals surface area (Å²) in [6, 6.07) is 18.8. The predicted molar refractivity (Wildman–Crippen MR) is 92.9 cm³/mol. The van der Waals surface area contributed by atoms with Gasteiger partial charge in [0.1, 0.15) is 18.9 Å². The van der Waals surface area contributed by atoms with Crippen LogP contribution in [0.5, 0.6) is 0 Å². The van der Waals surface area contributed by atoms with Crippen LogP contribution in [0.2, 0.25) is 0 Å². The molecule has 1 aliphatic rings. The van der Waals surface area contributed by atoms with Crippen molar-refractivity contribution in [1.29, 1.82) is 0 Å². The zero-order valence-electron chi connectivity index (χ0n) is 14.3. The first-order chi connectivity index (χ1) is 12.6. The number of ether oxygens (including phenoxy) is 3. The number of benzene rings is 2. The zero-order valence-corrected chi connectivity index (χ0v) is 14.3. The van der Waals surface area contributed by atoms with Gasteiger partial charge in [0.15, 0.2) is 11.9 Å². The first-order valence-corrected chi connectivity index (χ1v) is 8.52. The zero-order chi connectivity index (χ0) is 18.4. The number of halogens is 1. The van der Waals surface area contributed by atoms with Crippen LogP contribution in [0.25, 0.3) is 0 Å². The van der Waals surface area contributed by atoms with Crippen molar-refractivity contribution < 1.29 is 28.8 Å². The molecule has 0 aliphatic carbocycles. The SMILES string of the molecule is O[C@H]1[C@H](O)O[C@](CF)(COCc2ccccc2)[C@H]1OCc1ccccc1. The summed E-state index contributed by atoms with van der Waals surface area (Å²) in [6.07, 6.45) is -3.92. The molecule has 0 aromatic heterocycles. The van der Waals surface area contributed by atoms with Crippen LogP contribution in [-0.4, -0.2) is 47.6 Å². The van der Waals surface area contributed by atoms with E-state index >= 15 is 0 Å². The first kappa shape index (κ1) is 18.9. The highest BCUT2D eigenvalue weighted by atomic mass is 19.1. The van der Waals surface area contributed by atoms with Gasteiger partial charge >= 0.3 is 0 Å². The second kappa shape index (κ2) is 8.70. The van der Waals surface area contributed by atoms with E-state index in [-0.39, 0.29) is 19.8 Å². The number of aliphatic hydroxyl groups is 2. The highest BCUT2D eigenvalue weighted by Crippen LogP contribution is 2.34. The molecule has 0 unspecified atom stereocenters. The molecule has 4 atom stereocenters. The van der Waals surface area contributed by atoms with E-state index in [0.29, 0.717) is 0 Å². The molecule has 2 aromatic carbocycles. The summed E-state index contributed by atoms with van der Waals surface area (Å²) in [4.78, 5) is 0. The maximum atomic E-state index is 13.9. The van der Waals surface area contributed by atoms with E-state index in [1.54, 1.807) is 0 Å². The summed E-state index contributed by atoms with van der Waals surface area (Å²) < 4.78 is 30.6. The molecule has 2 N–H and O–H groups in total. The molecule has 1 heterocycles. The minimum absolute atomic E-state index is 0.147. The number of hydrogen-bond donors (Lipinski definition) is 2. The van der Waals surface area contributed by atoms with E-state index in [1.807, 2.05) is 60.7 Å². The number of rotatable bonds is 8. The van der Waals surface area contributed by atoms with Crippen molar-refractivity contribution in [3.8, 4) is 0 Å². The monoisotopic (exact) mass is 362 g/mol. The lowest BCUT2D eigenvalue weighted by Crippen LogP contribution is -2.50. The molecule has 0 saturated carbocycles. The van der Waals surface area contributed by atoms with Crippen LogP contribution in [-0.2, 0) is 27.4 Å². The predicted octanol–water partition coefficient (Wildman–Crippen LogP) is 2.21. The average molecular weight is 362 g/mol. The largest absolute Gasteiger partial charge is 0.385 e. The van der Waals surface area contributed by atoms with Gasteiger partial charge in [-0.05, 0) is 11.1 Å². The Hall–Kier alpha value is -1.83. The lowest BCUT2D eigenvalue weighted by molar-refractivity contribution is -0.192. The molecular formula is C20H23FO5. The van der Waals surface area contributed by atoms with Crippen LogP contribution in [0.1, 0.15) is 11.1 Å². The third kappa shape index (κ3) is 4.28. The van der Waals surface area contributed by atoms with Gasteiger partial charge < -0.3 is 24.4 Å². The van der Waals surface area contributed by atoms with Gasteiger partial charge in [0.2, 0.25) is 0 Å². The Morgan fingerprint density at radius 2 is 1.50 bits per heavy atom. The summed E-state index contributed by atoms with van der Waals surface area (Å²) in [5.41, 5.74) is 0.254. The number of aliphatic hydroxyl groups excluding tert-OH is 2. The normalized spacial score (nSPS) is 28.3. The van der Waals surface area contributed by atoms with Crippen molar-refractivity contribution >= 4 is 0 Å². The second-order valence-corrected chi connectivity index (χ2v) is 6.39. The summed E-state index contributed by atoms with van der Waals surface area (Å²) in [7, 11) is 0. The van der Waals surface area contributed by atoms with Crippen LogP contribution >= 0.6 is 0 Å². The molecule has 0 bridgehead atoms. The first-order valence-electron chi connectivity index (χ1n) is 8.52. The average Bonchev–Trinajstić information content (AvgIpc) is 2.92. The highest BCUT2D eigenvalue weighted by Gasteiger charge is 2.56. The molecule has 0 spiro atoms. The van der Waals surface area contributed by atoms with E-state index in [1.165, 1.54) is 0 Å². The Bertz CT molecular complexity index is 668. The van der Waals surface area contributed by atoms with Gasteiger partial charge in [0.25, 0.3) is 0 Å². The van der Waals surface area contributed by atoms with E-state index in [2.05, 4.69) is 0 Å². The van der Waals surface area contributed by atoms with Crippen molar-refractivity contribution in [2.75, 3.05) is 13.3 Å². The Labute approximate surface area is 151 Å². The van der Waals surface area contributed by atoms with Crippen molar-refractivity contribution in [3.63, 3.8) is 0 Å². The Balaban J connectivity index is 1.65. The summed E-state index contributed by atoms with van der Waals surface area (Å²) in [5, 5.41) is 20.1. The molecule has 140 valence electrons. The minimum Gasteiger partial charge on any atom is -0.385 e. The molecule has 5 nitrogen and oxygen atoms in total. The maximum absolute atomic E-state index is 13.9. The molecule has 1 aliphatic heterocycles. The third-order valence-corrected chi connectivity index (χ3v) is 4.43. The molecule has 26 heavy (non-hydrogen) atoms. The standard InChI is InChI=1S/C20H23FO5/c21-13-20(14-24-11-15-7-3-1-4-8-15)18(17(22)19(23)26-20)25-12-16-9-5-2-6-10-16/h1-10,17-19,22-23H,11-14H2/t17-,18+,19-,20-/m1/s1. The molecule has 3 rings (SSSR count). The fourth-order valence-corrected chi connectivity index (χ4v) is 3.03. The topological polar surface area (TPSA) is 68.2 Å². The van der Waals surface area contributed by atoms with Crippen LogP contribution in [0.4, 0.5) is 4.39 Å². The summed E-state index contributed by atoms with van der Waals surface area (Å²) in [5.74, 6) is 0. The van der Waals surface area contributed by atoms with Gasteiger partial charge in [-0.15, -0.1) is 0 Å². The van der Waals surface area contributed by atoms with Crippen molar-refractivity contribution in [2.24, 2.45) is 0 Å². The molecule has 6 heteroatoms. The van der Waals surface area contributed by atoms with E-state index < -0.39 is 30.8 Å². The van der Waals surface area contributed by atoms with Crippen molar-refractivity contribution in [1.82, 2.24) is 0 Å². The molecule has 1 fully saturated rings. The number of hydrogen-bond acceptors (Lipinski definition) is 5. The maximum Gasteiger partial charge on any atom is 0.184 e. The van der Waals surface area contributed by atoms with Crippen LogP contribution in [0.3, 0.4) is 0 Å². The quantitative estimate of drug-likeness (QED) is 0.754. The fraction of sp³-hybridized carbons (Fsp3) is 0.400. The van der Waals surface area contributed by atoms with Gasteiger partial charge in [-0.25, -0.2) is 4.39 Å². The lowest BCUT2D eigenvalue weighted by atomic mass is 9.97. The van der Waals surface area contributed by atoms with Gasteiger partial charge in [-0.2, -0.15) is 0 Å². The van der Waals surface area contributed by atoms with Gasteiger partial charge in [0.05, 0.1) is 19.8 Å². The lowest BCUT2D eigenvalue weighted by Gasteiger charge is -2.31. The van der Waals surface area contributed by atoms with Crippen LogP contribution in [0.15, 0.2) is 60.7 Å². The van der Waals surface area contributed by atoms with Gasteiger partial charge in [-0.3, -0.25) is 0 Å². The summed E-state index contributed by atoms with van der Waals surface area (Å²) in [6.45, 7) is -0.663. The molecule has 0 radical (unpaired) electrons. The fourth-order valence-electron chi connectivity index (χ4n) is 3.03. The second-order valence-electron chi connectivity index (χ2n) is 6.39. The Morgan fingerprint density at radius 3 is 2.08 bits per heavy atom. The smallest absolute Gasteiger partial charge is 0.184 e. The third-order valence-electron chi connectivity index (χ3n) is 4.43. The highest BCUT2D eigenvalue weighted by molar-refractivity contribution is 5.14. The number of alkyl halides is 1. The minimum atomic E-state index is -1.55. The molecule has 1 saturated heterocycles. The molecule has 2 aromatic rings. The van der Waals surface area contributed by atoms with E-state index in [4.69, 9.17) is 14.2 Å².